The average molecular weight is 417 g/mol. The molecule has 1 aliphatic rings. The average Bonchev–Trinajstić information content (AvgIpc) is 3.26. The Balaban J connectivity index is 1.50. The smallest absolute Gasteiger partial charge is 0.337 e. The van der Waals surface area contributed by atoms with Crippen LogP contribution in [0.3, 0.4) is 0 Å². The zero-order valence-electron chi connectivity index (χ0n) is 17.1. The van der Waals surface area contributed by atoms with Crippen molar-refractivity contribution in [3.63, 3.8) is 0 Å². The lowest BCUT2D eigenvalue weighted by Crippen LogP contribution is -2.35. The summed E-state index contributed by atoms with van der Waals surface area (Å²) in [5.74, 6) is -0.547. The van der Waals surface area contributed by atoms with Crippen LogP contribution in [-0.2, 0) is 20.8 Å². The lowest BCUT2D eigenvalue weighted by Gasteiger charge is -2.10. The van der Waals surface area contributed by atoms with Crippen LogP contribution in [0.1, 0.15) is 48.9 Å². The molecule has 9 nitrogen and oxygen atoms in total. The molecule has 2 N–H and O–H groups in total. The van der Waals surface area contributed by atoms with Crippen LogP contribution in [0.5, 0.6) is 0 Å². The van der Waals surface area contributed by atoms with Crippen molar-refractivity contribution >= 4 is 22.8 Å². The molecular formula is C21H27N3O6. The summed E-state index contributed by atoms with van der Waals surface area (Å²) in [6, 6.07) is 4.44. The molecule has 0 radical (unpaired) electrons. The Morgan fingerprint density at radius 2 is 2.10 bits per heavy atom. The van der Waals surface area contributed by atoms with Crippen LogP contribution in [0.4, 0.5) is 0 Å². The summed E-state index contributed by atoms with van der Waals surface area (Å²) in [6.45, 7) is 1.58. The monoisotopic (exact) mass is 417 g/mol. The van der Waals surface area contributed by atoms with Crippen molar-refractivity contribution in [3.8, 4) is 0 Å². The predicted molar refractivity (Wildman–Crippen MR) is 111 cm³/mol. The van der Waals surface area contributed by atoms with Gasteiger partial charge in [0.2, 0.25) is 5.91 Å². The van der Waals surface area contributed by atoms with Crippen molar-refractivity contribution in [2.75, 3.05) is 20.3 Å². The van der Waals surface area contributed by atoms with Crippen LogP contribution in [0, 0.1) is 0 Å². The predicted octanol–water partition coefficient (Wildman–Crippen LogP) is 1.33. The minimum absolute atomic E-state index is 0.00682. The summed E-state index contributed by atoms with van der Waals surface area (Å²) in [5, 5.41) is 3.21. The van der Waals surface area contributed by atoms with Gasteiger partial charge < -0.3 is 19.8 Å². The summed E-state index contributed by atoms with van der Waals surface area (Å²) >= 11 is 0. The standard InChI is InChI=1S/C21H27N3O6/c1-29-20(27)14-8-9-16-17(12-14)23-21(28)24(19(16)26)10-4-2-3-7-18(25)22-13-15-6-5-11-30-15/h8-9,12,15H,2-7,10-11,13H2,1H3,(H,22,25)(H,23,28)/t15-/m1/s1. The highest BCUT2D eigenvalue weighted by Gasteiger charge is 2.16. The van der Waals surface area contributed by atoms with E-state index in [2.05, 4.69) is 15.0 Å². The second-order valence-corrected chi connectivity index (χ2v) is 7.39. The highest BCUT2D eigenvalue weighted by molar-refractivity contribution is 5.93. The molecular weight excluding hydrogens is 390 g/mol. The van der Waals surface area contributed by atoms with Gasteiger partial charge in [-0.3, -0.25) is 14.2 Å². The van der Waals surface area contributed by atoms with E-state index < -0.39 is 17.2 Å². The molecule has 1 aromatic carbocycles. The number of H-pyrrole nitrogens is 1. The molecule has 1 amide bonds. The second-order valence-electron chi connectivity index (χ2n) is 7.39. The van der Waals surface area contributed by atoms with Crippen LogP contribution < -0.4 is 16.6 Å². The molecule has 30 heavy (non-hydrogen) atoms. The second kappa shape index (κ2) is 10.2. The first-order chi connectivity index (χ1) is 14.5. The number of nitrogens with one attached hydrogen (secondary N) is 2. The Bertz CT molecular complexity index is 1020. The van der Waals surface area contributed by atoms with Crippen molar-refractivity contribution in [3.05, 3.63) is 44.6 Å². The number of nitrogens with zero attached hydrogens (tertiary/aromatic N) is 1. The van der Waals surface area contributed by atoms with E-state index in [9.17, 15) is 19.2 Å². The number of amides is 1. The van der Waals surface area contributed by atoms with Crippen molar-refractivity contribution in [2.24, 2.45) is 0 Å². The summed E-state index contributed by atoms with van der Waals surface area (Å²) in [5.41, 5.74) is -0.370. The molecule has 1 atom stereocenters. The van der Waals surface area contributed by atoms with Crippen molar-refractivity contribution in [2.45, 2.75) is 51.2 Å². The van der Waals surface area contributed by atoms with Gasteiger partial charge in [-0.2, -0.15) is 0 Å². The third kappa shape index (κ3) is 5.35. The van der Waals surface area contributed by atoms with Crippen molar-refractivity contribution < 1.29 is 19.1 Å². The van der Waals surface area contributed by atoms with E-state index in [4.69, 9.17) is 4.74 Å². The highest BCUT2D eigenvalue weighted by Crippen LogP contribution is 2.11. The van der Waals surface area contributed by atoms with Gasteiger partial charge in [-0.05, 0) is 43.9 Å². The van der Waals surface area contributed by atoms with Crippen molar-refractivity contribution in [1.82, 2.24) is 14.9 Å². The molecule has 1 fully saturated rings. The normalized spacial score (nSPS) is 16.0. The Morgan fingerprint density at radius 3 is 2.83 bits per heavy atom. The van der Waals surface area contributed by atoms with Gasteiger partial charge in [0.25, 0.3) is 5.56 Å². The number of aromatic nitrogens is 2. The fourth-order valence-electron chi connectivity index (χ4n) is 3.56. The van der Waals surface area contributed by atoms with E-state index in [-0.39, 0.29) is 24.1 Å². The zero-order valence-corrected chi connectivity index (χ0v) is 17.1. The van der Waals surface area contributed by atoms with E-state index in [1.54, 1.807) is 0 Å². The first-order valence-electron chi connectivity index (χ1n) is 10.2. The number of aromatic amines is 1. The fraction of sp³-hybridized carbons (Fsp3) is 0.524. The Morgan fingerprint density at radius 1 is 1.27 bits per heavy atom. The van der Waals surface area contributed by atoms with Crippen LogP contribution in [-0.4, -0.2) is 47.8 Å². The number of unbranched alkanes of at least 4 members (excludes halogenated alkanes) is 2. The number of methoxy groups -OCH3 is 1. The Hall–Kier alpha value is -2.94. The molecule has 9 heteroatoms. The number of rotatable bonds is 9. The number of fused-ring (bicyclic) bond motifs is 1. The SMILES string of the molecule is COC(=O)c1ccc2c(=O)n(CCCCCC(=O)NC[C@H]3CCCO3)c(=O)[nH]c2c1. The van der Waals surface area contributed by atoms with Crippen LogP contribution in [0.15, 0.2) is 27.8 Å². The zero-order chi connectivity index (χ0) is 21.5. The van der Waals surface area contributed by atoms with E-state index in [0.717, 1.165) is 30.4 Å². The topological polar surface area (TPSA) is 119 Å². The van der Waals surface area contributed by atoms with Crippen LogP contribution >= 0.6 is 0 Å². The summed E-state index contributed by atoms with van der Waals surface area (Å²) in [7, 11) is 1.26. The van der Waals surface area contributed by atoms with E-state index in [1.165, 1.54) is 25.3 Å². The number of hydrogen-bond acceptors (Lipinski definition) is 6. The fourth-order valence-corrected chi connectivity index (χ4v) is 3.56. The molecule has 0 saturated carbocycles. The molecule has 0 unspecified atom stereocenters. The van der Waals surface area contributed by atoms with Gasteiger partial charge in [-0.15, -0.1) is 0 Å². The van der Waals surface area contributed by atoms with Gasteiger partial charge in [0.05, 0.1) is 29.7 Å². The van der Waals surface area contributed by atoms with Gasteiger partial charge >= 0.3 is 11.7 Å². The van der Waals surface area contributed by atoms with E-state index >= 15 is 0 Å². The molecule has 2 aromatic rings. The molecule has 1 aliphatic heterocycles. The first-order valence-corrected chi connectivity index (χ1v) is 10.2. The number of benzene rings is 1. The molecule has 3 rings (SSSR count). The minimum Gasteiger partial charge on any atom is -0.465 e. The van der Waals surface area contributed by atoms with Gasteiger partial charge in [-0.25, -0.2) is 9.59 Å². The summed E-state index contributed by atoms with van der Waals surface area (Å²) in [4.78, 5) is 51.1. The quantitative estimate of drug-likeness (QED) is 0.469. The van der Waals surface area contributed by atoms with Crippen molar-refractivity contribution in [1.29, 1.82) is 0 Å². The molecule has 1 aromatic heterocycles. The third-order valence-electron chi connectivity index (χ3n) is 5.24. The minimum atomic E-state index is -0.540. The molecule has 1 saturated heterocycles. The summed E-state index contributed by atoms with van der Waals surface area (Å²) < 4.78 is 11.3. The van der Waals surface area contributed by atoms with E-state index in [0.29, 0.717) is 36.7 Å². The number of carbonyl (C=O) groups excluding carboxylic acids is 2. The molecule has 0 bridgehead atoms. The van der Waals surface area contributed by atoms with Crippen LogP contribution in [0.25, 0.3) is 10.9 Å². The lowest BCUT2D eigenvalue weighted by atomic mass is 10.1. The molecule has 162 valence electrons. The van der Waals surface area contributed by atoms with Gasteiger partial charge in [0.15, 0.2) is 0 Å². The maximum Gasteiger partial charge on any atom is 0.337 e. The number of ether oxygens (including phenoxy) is 2. The maximum absolute atomic E-state index is 12.6. The van der Waals surface area contributed by atoms with Gasteiger partial charge in [-0.1, -0.05) is 6.42 Å². The third-order valence-corrected chi connectivity index (χ3v) is 5.24. The molecule has 0 aliphatic carbocycles. The van der Waals surface area contributed by atoms with E-state index in [1.807, 2.05) is 0 Å². The Labute approximate surface area is 173 Å². The van der Waals surface area contributed by atoms with Gasteiger partial charge in [0.1, 0.15) is 0 Å². The highest BCUT2D eigenvalue weighted by atomic mass is 16.5. The summed E-state index contributed by atoms with van der Waals surface area (Å²) in [6.07, 6.45) is 4.57. The van der Waals surface area contributed by atoms with Crippen LogP contribution in [0.2, 0.25) is 0 Å². The number of esters is 1. The largest absolute Gasteiger partial charge is 0.465 e. The number of hydrogen-bond donors (Lipinski definition) is 2. The van der Waals surface area contributed by atoms with Gasteiger partial charge in [0, 0.05) is 26.1 Å². The molecule has 2 heterocycles. The molecule has 0 spiro atoms. The lowest BCUT2D eigenvalue weighted by molar-refractivity contribution is -0.121. The number of carbonyl (C=O) groups is 2. The Kier molecular flexibility index (Phi) is 7.40. The first kappa shape index (κ1) is 21.8. The maximum atomic E-state index is 12.6.